The first kappa shape index (κ1) is 15.5. The first-order valence-corrected chi connectivity index (χ1v) is 8.55. The summed E-state index contributed by atoms with van der Waals surface area (Å²) in [6, 6.07) is 16.3. The molecule has 0 spiro atoms. The fraction of sp³-hybridized carbons (Fsp3) is 0.0588. The van der Waals surface area contributed by atoms with Crippen molar-refractivity contribution in [3.05, 3.63) is 71.5 Å². The number of hydrogen-bond donors (Lipinski definition) is 1. The maximum Gasteiger partial charge on any atom is 0.266 e. The van der Waals surface area contributed by atoms with Crippen molar-refractivity contribution in [2.75, 3.05) is 11.2 Å². The quantitative estimate of drug-likeness (QED) is 0.578. The Morgan fingerprint density at radius 1 is 1.08 bits per heavy atom. The van der Waals surface area contributed by atoms with Crippen LogP contribution in [0.25, 0.3) is 0 Å². The summed E-state index contributed by atoms with van der Waals surface area (Å²) < 4.78 is 15.2. The van der Waals surface area contributed by atoms with Gasteiger partial charge in [0.2, 0.25) is 5.16 Å². The molecule has 0 atom stereocenters. The van der Waals surface area contributed by atoms with Crippen LogP contribution in [0.4, 0.5) is 10.3 Å². The third-order valence-electron chi connectivity index (χ3n) is 3.55. The zero-order valence-corrected chi connectivity index (χ0v) is 13.8. The van der Waals surface area contributed by atoms with E-state index < -0.39 is 0 Å². The maximum absolute atomic E-state index is 13.6. The summed E-state index contributed by atoms with van der Waals surface area (Å²) >= 11 is 1.55. The van der Waals surface area contributed by atoms with E-state index in [1.807, 2.05) is 30.3 Å². The topological polar surface area (TPSA) is 67.5 Å². The van der Waals surface area contributed by atoms with Crippen LogP contribution in [0.1, 0.15) is 11.1 Å². The summed E-state index contributed by atoms with van der Waals surface area (Å²) in [5.41, 5.74) is 5.14. The Morgan fingerprint density at radius 2 is 1.88 bits per heavy atom. The Balaban J connectivity index is 1.57. The van der Waals surface area contributed by atoms with Gasteiger partial charge in [-0.1, -0.05) is 60.3 Å². The van der Waals surface area contributed by atoms with Crippen LogP contribution in [0.5, 0.6) is 0 Å². The summed E-state index contributed by atoms with van der Waals surface area (Å²) in [7, 11) is 0. The van der Waals surface area contributed by atoms with Gasteiger partial charge in [0.1, 0.15) is 5.82 Å². The van der Waals surface area contributed by atoms with Crippen LogP contribution in [-0.2, 0) is 0 Å². The van der Waals surface area contributed by atoms with E-state index >= 15 is 0 Å². The summed E-state index contributed by atoms with van der Waals surface area (Å²) in [5, 5.41) is 17.4. The third kappa shape index (κ3) is 3.29. The van der Waals surface area contributed by atoms with Crippen molar-refractivity contribution in [1.29, 1.82) is 0 Å². The number of fused-ring (bicyclic) bond motifs is 1. The SMILES string of the molecule is Fc1ccccc1/C=N/Nc1nnc2n1N=C(c1ccccc1)CS2. The highest BCUT2D eigenvalue weighted by atomic mass is 32.2. The van der Waals surface area contributed by atoms with Crippen molar-refractivity contribution in [3.63, 3.8) is 0 Å². The number of anilines is 1. The Kier molecular flexibility index (Phi) is 4.26. The van der Waals surface area contributed by atoms with E-state index in [2.05, 4.69) is 25.8 Å². The van der Waals surface area contributed by atoms with E-state index in [1.165, 1.54) is 12.3 Å². The van der Waals surface area contributed by atoms with Gasteiger partial charge in [-0.3, -0.25) is 0 Å². The Morgan fingerprint density at radius 3 is 2.72 bits per heavy atom. The standard InChI is InChI=1S/C17H13FN6S/c18-14-9-5-4-8-13(14)10-19-20-16-21-22-17-24(16)23-15(11-25-17)12-6-2-1-3-7-12/h1-10H,11H2,(H,20,21)/b19-10+. The highest BCUT2D eigenvalue weighted by molar-refractivity contribution is 7.99. The molecule has 2 aromatic carbocycles. The number of benzene rings is 2. The summed E-state index contributed by atoms with van der Waals surface area (Å²) in [6.07, 6.45) is 1.40. The Labute approximate surface area is 147 Å². The van der Waals surface area contributed by atoms with Gasteiger partial charge in [0.15, 0.2) is 0 Å². The van der Waals surface area contributed by atoms with E-state index in [0.717, 1.165) is 17.0 Å². The van der Waals surface area contributed by atoms with Gasteiger partial charge in [0.25, 0.3) is 5.95 Å². The molecule has 0 saturated carbocycles. The number of hydrazone groups is 1. The molecule has 0 aliphatic carbocycles. The van der Waals surface area contributed by atoms with Gasteiger partial charge < -0.3 is 0 Å². The smallest absolute Gasteiger partial charge is 0.244 e. The molecule has 1 N–H and O–H groups in total. The fourth-order valence-corrected chi connectivity index (χ4v) is 3.15. The van der Waals surface area contributed by atoms with Crippen molar-refractivity contribution in [1.82, 2.24) is 14.9 Å². The minimum Gasteiger partial charge on any atom is -0.244 e. The first-order chi connectivity index (χ1) is 12.3. The second-order valence-corrected chi connectivity index (χ2v) is 6.15. The lowest BCUT2D eigenvalue weighted by Gasteiger charge is -2.13. The molecule has 1 aliphatic rings. The van der Waals surface area contributed by atoms with Gasteiger partial charge in [-0.2, -0.15) is 14.9 Å². The number of hydrogen-bond acceptors (Lipinski definition) is 6. The molecule has 8 heteroatoms. The maximum atomic E-state index is 13.6. The minimum absolute atomic E-state index is 0.337. The van der Waals surface area contributed by atoms with Crippen LogP contribution >= 0.6 is 11.8 Å². The molecule has 6 nitrogen and oxygen atoms in total. The molecular weight excluding hydrogens is 339 g/mol. The van der Waals surface area contributed by atoms with Gasteiger partial charge in [0.05, 0.1) is 11.9 Å². The second-order valence-electron chi connectivity index (χ2n) is 5.21. The zero-order chi connectivity index (χ0) is 17.1. The summed E-state index contributed by atoms with van der Waals surface area (Å²) in [6.45, 7) is 0. The third-order valence-corrected chi connectivity index (χ3v) is 4.48. The Bertz CT molecular complexity index is 951. The van der Waals surface area contributed by atoms with Gasteiger partial charge in [0, 0.05) is 11.3 Å². The van der Waals surface area contributed by atoms with Crippen molar-refractivity contribution in [2.45, 2.75) is 5.16 Å². The molecule has 0 amide bonds. The molecule has 0 bridgehead atoms. The number of aromatic nitrogens is 3. The molecule has 2 heterocycles. The van der Waals surface area contributed by atoms with E-state index in [9.17, 15) is 4.39 Å². The second kappa shape index (κ2) is 6.86. The summed E-state index contributed by atoms with van der Waals surface area (Å²) in [5.74, 6) is 0.764. The predicted octanol–water partition coefficient (Wildman–Crippen LogP) is 3.22. The van der Waals surface area contributed by atoms with Crippen molar-refractivity contribution in [2.24, 2.45) is 10.2 Å². The monoisotopic (exact) mass is 352 g/mol. The molecule has 0 fully saturated rings. The van der Waals surface area contributed by atoms with Crippen LogP contribution in [-0.4, -0.2) is 32.6 Å². The lowest BCUT2D eigenvalue weighted by atomic mass is 10.1. The lowest BCUT2D eigenvalue weighted by molar-refractivity contribution is 0.626. The molecule has 124 valence electrons. The van der Waals surface area contributed by atoms with Crippen molar-refractivity contribution in [3.8, 4) is 0 Å². The number of thioether (sulfide) groups is 1. The van der Waals surface area contributed by atoms with Gasteiger partial charge in [-0.05, 0) is 11.6 Å². The van der Waals surface area contributed by atoms with Crippen LogP contribution in [0.3, 0.4) is 0 Å². The fourth-order valence-electron chi connectivity index (χ4n) is 2.31. The molecule has 25 heavy (non-hydrogen) atoms. The van der Waals surface area contributed by atoms with E-state index in [0.29, 0.717) is 16.7 Å². The van der Waals surface area contributed by atoms with Crippen LogP contribution < -0.4 is 5.43 Å². The number of halogens is 1. The molecule has 0 saturated heterocycles. The molecule has 3 aromatic rings. The number of nitrogens with one attached hydrogen (secondary N) is 1. The van der Waals surface area contributed by atoms with Gasteiger partial charge in [-0.25, -0.2) is 9.82 Å². The van der Waals surface area contributed by atoms with E-state index in [-0.39, 0.29) is 5.82 Å². The molecular formula is C17H13FN6S. The zero-order valence-electron chi connectivity index (χ0n) is 13.0. The minimum atomic E-state index is -0.337. The van der Waals surface area contributed by atoms with E-state index in [4.69, 9.17) is 0 Å². The highest BCUT2D eigenvalue weighted by Gasteiger charge is 2.19. The molecule has 0 radical (unpaired) electrons. The summed E-state index contributed by atoms with van der Waals surface area (Å²) in [4.78, 5) is 0. The van der Waals surface area contributed by atoms with Crippen molar-refractivity contribution < 1.29 is 4.39 Å². The van der Waals surface area contributed by atoms with Crippen LogP contribution in [0.15, 0.2) is 70.0 Å². The van der Waals surface area contributed by atoms with Crippen LogP contribution in [0.2, 0.25) is 0 Å². The van der Waals surface area contributed by atoms with Gasteiger partial charge >= 0.3 is 0 Å². The predicted molar refractivity (Wildman–Crippen MR) is 96.7 cm³/mol. The lowest BCUT2D eigenvalue weighted by Crippen LogP contribution is -2.14. The Hall–Kier alpha value is -3.00. The number of nitrogens with zero attached hydrogens (tertiary/aromatic N) is 5. The average molecular weight is 352 g/mol. The largest absolute Gasteiger partial charge is 0.266 e. The number of rotatable bonds is 4. The van der Waals surface area contributed by atoms with Crippen molar-refractivity contribution >= 4 is 29.6 Å². The molecule has 4 rings (SSSR count). The highest BCUT2D eigenvalue weighted by Crippen LogP contribution is 2.25. The van der Waals surface area contributed by atoms with Gasteiger partial charge in [-0.15, -0.1) is 10.2 Å². The van der Waals surface area contributed by atoms with E-state index in [1.54, 1.807) is 34.6 Å². The first-order valence-electron chi connectivity index (χ1n) is 7.56. The normalized spacial score (nSPS) is 13.6. The molecule has 1 aliphatic heterocycles. The van der Waals surface area contributed by atoms with Crippen LogP contribution in [0, 0.1) is 5.82 Å². The average Bonchev–Trinajstić information content (AvgIpc) is 3.06. The molecule has 0 unspecified atom stereocenters. The molecule has 1 aromatic heterocycles.